The van der Waals surface area contributed by atoms with Crippen molar-refractivity contribution in [2.45, 2.75) is 26.3 Å². The van der Waals surface area contributed by atoms with Crippen molar-refractivity contribution in [3.05, 3.63) is 87.8 Å². The number of benzene rings is 2. The highest BCUT2D eigenvalue weighted by Crippen LogP contribution is 2.12. The maximum Gasteiger partial charge on any atom is 0.261 e. The third-order valence-corrected chi connectivity index (χ3v) is 4.34. The van der Waals surface area contributed by atoms with E-state index in [-0.39, 0.29) is 17.9 Å². The number of aromatic nitrogens is 4. The van der Waals surface area contributed by atoms with Crippen LogP contribution in [-0.2, 0) is 19.4 Å². The van der Waals surface area contributed by atoms with E-state index in [0.717, 1.165) is 5.56 Å². The summed E-state index contributed by atoms with van der Waals surface area (Å²) in [6.45, 7) is 2.13. The summed E-state index contributed by atoms with van der Waals surface area (Å²) in [6, 6.07) is 13.4. The number of aryl methyl sites for hydroxylation is 1. The van der Waals surface area contributed by atoms with Gasteiger partial charge in [-0.05, 0) is 29.8 Å². The third-order valence-electron chi connectivity index (χ3n) is 4.34. The second kappa shape index (κ2) is 7.11. The van der Waals surface area contributed by atoms with Crippen LogP contribution in [0.5, 0.6) is 0 Å². The van der Waals surface area contributed by atoms with E-state index < -0.39 is 0 Å². The molecule has 27 heavy (non-hydrogen) atoms. The lowest BCUT2D eigenvalue weighted by Crippen LogP contribution is -2.26. The second-order valence-corrected chi connectivity index (χ2v) is 6.20. The molecule has 0 aliphatic carbocycles. The number of fused-ring (bicyclic) bond motifs is 1. The molecule has 0 amide bonds. The van der Waals surface area contributed by atoms with E-state index >= 15 is 0 Å². The molecule has 0 saturated heterocycles. The number of halogens is 1. The van der Waals surface area contributed by atoms with Gasteiger partial charge in [0.2, 0.25) is 5.89 Å². The van der Waals surface area contributed by atoms with Crippen LogP contribution in [0, 0.1) is 5.82 Å². The fourth-order valence-corrected chi connectivity index (χ4v) is 2.99. The monoisotopic (exact) mass is 364 g/mol. The average Bonchev–Trinajstić information content (AvgIpc) is 3.13. The fraction of sp³-hybridized carbons (Fsp3) is 0.200. The zero-order valence-corrected chi connectivity index (χ0v) is 14.7. The first kappa shape index (κ1) is 17.1. The van der Waals surface area contributed by atoms with Crippen LogP contribution in [0.3, 0.4) is 0 Å². The lowest BCUT2D eigenvalue weighted by Gasteiger charge is -2.10. The summed E-state index contributed by atoms with van der Waals surface area (Å²) in [6.07, 6.45) is 1.01. The Morgan fingerprint density at radius 3 is 2.63 bits per heavy atom. The predicted molar refractivity (Wildman–Crippen MR) is 98.0 cm³/mol. The molecule has 4 aromatic rings. The van der Waals surface area contributed by atoms with Crippen LogP contribution < -0.4 is 5.56 Å². The number of rotatable bonds is 5. The maximum absolute atomic E-state index is 13.0. The van der Waals surface area contributed by atoms with E-state index in [1.54, 1.807) is 22.8 Å². The lowest BCUT2D eigenvalue weighted by molar-refractivity contribution is 0.377. The minimum atomic E-state index is -0.291. The first-order chi connectivity index (χ1) is 13.1. The summed E-state index contributed by atoms with van der Waals surface area (Å²) in [5.74, 6) is 1.20. The first-order valence-corrected chi connectivity index (χ1v) is 8.68. The fourth-order valence-electron chi connectivity index (χ4n) is 2.99. The van der Waals surface area contributed by atoms with Gasteiger partial charge in [0.05, 0.1) is 23.9 Å². The molecular formula is C20H17FN4O2. The molecule has 0 saturated carbocycles. The molecule has 0 atom stereocenters. The van der Waals surface area contributed by atoms with E-state index in [2.05, 4.69) is 15.1 Å². The summed E-state index contributed by atoms with van der Waals surface area (Å²) < 4.78 is 19.9. The molecule has 0 N–H and O–H groups in total. The van der Waals surface area contributed by atoms with Gasteiger partial charge in [-0.1, -0.05) is 36.3 Å². The molecule has 2 aromatic heterocycles. The molecule has 4 rings (SSSR count). The highest BCUT2D eigenvalue weighted by atomic mass is 19.1. The van der Waals surface area contributed by atoms with Gasteiger partial charge in [0, 0.05) is 6.42 Å². The van der Waals surface area contributed by atoms with E-state index in [0.29, 0.717) is 41.3 Å². The summed E-state index contributed by atoms with van der Waals surface area (Å²) in [5.41, 5.74) is 1.42. The Labute approximate surface area is 154 Å². The first-order valence-electron chi connectivity index (χ1n) is 8.68. The highest BCUT2D eigenvalue weighted by molar-refractivity contribution is 5.77. The molecule has 0 spiro atoms. The molecule has 6 nitrogen and oxygen atoms in total. The molecule has 0 fully saturated rings. The van der Waals surface area contributed by atoms with E-state index in [4.69, 9.17) is 4.52 Å². The smallest absolute Gasteiger partial charge is 0.261 e. The van der Waals surface area contributed by atoms with Gasteiger partial charge in [0.25, 0.3) is 5.56 Å². The lowest BCUT2D eigenvalue weighted by atomic mass is 10.1. The van der Waals surface area contributed by atoms with Crippen LogP contribution in [0.15, 0.2) is 57.8 Å². The molecule has 2 heterocycles. The molecule has 0 aliphatic heterocycles. The van der Waals surface area contributed by atoms with Gasteiger partial charge in [0.1, 0.15) is 11.6 Å². The van der Waals surface area contributed by atoms with Crippen molar-refractivity contribution in [1.29, 1.82) is 0 Å². The second-order valence-electron chi connectivity index (χ2n) is 6.20. The predicted octanol–water partition coefficient (Wildman–Crippen LogP) is 3.12. The zero-order chi connectivity index (χ0) is 18.8. The molecule has 2 aromatic carbocycles. The van der Waals surface area contributed by atoms with Crippen LogP contribution >= 0.6 is 0 Å². The quantitative estimate of drug-likeness (QED) is 0.544. The van der Waals surface area contributed by atoms with Crippen LogP contribution in [0.4, 0.5) is 4.39 Å². The van der Waals surface area contributed by atoms with Gasteiger partial charge in [-0.25, -0.2) is 9.37 Å². The Kier molecular flexibility index (Phi) is 4.50. The van der Waals surface area contributed by atoms with Gasteiger partial charge in [-0.2, -0.15) is 4.98 Å². The molecular weight excluding hydrogens is 347 g/mol. The van der Waals surface area contributed by atoms with Crippen molar-refractivity contribution in [2.75, 3.05) is 0 Å². The standard InChI is InChI=1S/C20H17FN4O2/c1-2-18-22-16-6-4-3-5-15(16)20(26)25(18)12-17-23-19(27-24-17)11-13-7-9-14(21)10-8-13/h3-10H,2,11-12H2,1H3. The van der Waals surface area contributed by atoms with Crippen molar-refractivity contribution in [3.8, 4) is 0 Å². The van der Waals surface area contributed by atoms with Gasteiger partial charge >= 0.3 is 0 Å². The van der Waals surface area contributed by atoms with Crippen molar-refractivity contribution in [2.24, 2.45) is 0 Å². The Balaban J connectivity index is 1.63. The topological polar surface area (TPSA) is 73.8 Å². The van der Waals surface area contributed by atoms with E-state index in [9.17, 15) is 9.18 Å². The summed E-state index contributed by atoms with van der Waals surface area (Å²) in [5, 5.41) is 4.53. The number of nitrogens with zero attached hydrogens (tertiary/aromatic N) is 4. The van der Waals surface area contributed by atoms with Crippen LogP contribution in [0.25, 0.3) is 10.9 Å². The maximum atomic E-state index is 13.0. The average molecular weight is 364 g/mol. The van der Waals surface area contributed by atoms with Crippen LogP contribution in [-0.4, -0.2) is 19.7 Å². The van der Waals surface area contributed by atoms with E-state index in [1.807, 2.05) is 25.1 Å². The molecule has 0 unspecified atom stereocenters. The van der Waals surface area contributed by atoms with Crippen molar-refractivity contribution in [1.82, 2.24) is 19.7 Å². The van der Waals surface area contributed by atoms with Crippen LogP contribution in [0.1, 0.15) is 30.0 Å². The largest absolute Gasteiger partial charge is 0.339 e. The van der Waals surface area contributed by atoms with Gasteiger partial charge in [-0.3, -0.25) is 9.36 Å². The SMILES string of the molecule is CCc1nc2ccccc2c(=O)n1Cc1noc(Cc2ccc(F)cc2)n1. The molecule has 7 heteroatoms. The summed E-state index contributed by atoms with van der Waals surface area (Å²) in [4.78, 5) is 21.8. The molecule has 136 valence electrons. The summed E-state index contributed by atoms with van der Waals surface area (Å²) >= 11 is 0. The third kappa shape index (κ3) is 3.48. The van der Waals surface area contributed by atoms with Gasteiger partial charge < -0.3 is 4.52 Å². The molecule has 0 aliphatic rings. The van der Waals surface area contributed by atoms with Crippen molar-refractivity contribution < 1.29 is 8.91 Å². The minimum Gasteiger partial charge on any atom is -0.339 e. The summed E-state index contributed by atoms with van der Waals surface area (Å²) in [7, 11) is 0. The van der Waals surface area contributed by atoms with Gasteiger partial charge in [-0.15, -0.1) is 0 Å². The van der Waals surface area contributed by atoms with Crippen LogP contribution in [0.2, 0.25) is 0 Å². The Bertz CT molecular complexity index is 1150. The Morgan fingerprint density at radius 1 is 1.07 bits per heavy atom. The number of hydrogen-bond donors (Lipinski definition) is 0. The number of para-hydroxylation sites is 1. The Hall–Kier alpha value is -3.35. The van der Waals surface area contributed by atoms with Crippen molar-refractivity contribution in [3.63, 3.8) is 0 Å². The minimum absolute atomic E-state index is 0.123. The molecule has 0 radical (unpaired) electrons. The van der Waals surface area contributed by atoms with Crippen molar-refractivity contribution >= 4 is 10.9 Å². The zero-order valence-electron chi connectivity index (χ0n) is 14.7. The number of hydrogen-bond acceptors (Lipinski definition) is 5. The highest BCUT2D eigenvalue weighted by Gasteiger charge is 2.14. The Morgan fingerprint density at radius 2 is 1.85 bits per heavy atom. The van der Waals surface area contributed by atoms with Gasteiger partial charge in [0.15, 0.2) is 5.82 Å². The van der Waals surface area contributed by atoms with E-state index in [1.165, 1.54) is 12.1 Å². The normalized spacial score (nSPS) is 11.2. The molecule has 0 bridgehead atoms.